The highest BCUT2D eigenvalue weighted by Gasteiger charge is 2.21. The highest BCUT2D eigenvalue weighted by molar-refractivity contribution is 6.05. The van der Waals surface area contributed by atoms with E-state index in [1.165, 1.54) is 6.08 Å². The summed E-state index contributed by atoms with van der Waals surface area (Å²) in [6.45, 7) is 1.95. The molecule has 1 aliphatic heterocycles. The molecule has 0 radical (unpaired) electrons. The molecule has 1 amide bonds. The number of carbonyl (C=O) groups is 1. The van der Waals surface area contributed by atoms with Crippen molar-refractivity contribution < 1.29 is 9.59 Å². The fourth-order valence-corrected chi connectivity index (χ4v) is 1.76. The number of hydrazone groups is 1. The molecule has 1 N–H and O–H groups in total. The Morgan fingerprint density at radius 3 is 2.71 bits per heavy atom. The van der Waals surface area contributed by atoms with E-state index in [1.807, 2.05) is 19.1 Å². The van der Waals surface area contributed by atoms with Gasteiger partial charge in [-0.1, -0.05) is 19.1 Å². The van der Waals surface area contributed by atoms with E-state index in [-0.39, 0.29) is 11.8 Å². The summed E-state index contributed by atoms with van der Waals surface area (Å²) in [5.74, 6) is 0.0209. The van der Waals surface area contributed by atoms with Crippen LogP contribution in [0.15, 0.2) is 34.4 Å². The minimum atomic E-state index is -0.0663. The Balaban J connectivity index is 2.28. The molecule has 1 aromatic rings. The van der Waals surface area contributed by atoms with Crippen LogP contribution in [0.3, 0.4) is 0 Å². The number of nitrogens with one attached hydrogen (secondary N) is 1. The van der Waals surface area contributed by atoms with Crippen molar-refractivity contribution >= 4 is 23.4 Å². The molecule has 0 aromatic heterocycles. The van der Waals surface area contributed by atoms with Gasteiger partial charge in [-0.3, -0.25) is 4.79 Å². The lowest BCUT2D eigenvalue weighted by molar-refractivity contribution is -0.121. The SMILES string of the molecule is CC1CC(=O)NN=C1c1ccc(N=C=O)cc1. The maximum Gasteiger partial charge on any atom is 0.240 e. The van der Waals surface area contributed by atoms with Gasteiger partial charge in [0.2, 0.25) is 12.0 Å². The van der Waals surface area contributed by atoms with Crippen molar-refractivity contribution in [3.05, 3.63) is 29.8 Å². The number of benzene rings is 1. The van der Waals surface area contributed by atoms with Crippen LogP contribution < -0.4 is 5.43 Å². The van der Waals surface area contributed by atoms with Gasteiger partial charge in [-0.15, -0.1) is 0 Å². The molecule has 2 rings (SSSR count). The normalized spacial score (nSPS) is 19.0. The summed E-state index contributed by atoms with van der Waals surface area (Å²) in [7, 11) is 0. The zero-order valence-electron chi connectivity index (χ0n) is 9.30. The summed E-state index contributed by atoms with van der Waals surface area (Å²) in [6.07, 6.45) is 1.92. The van der Waals surface area contributed by atoms with Gasteiger partial charge in [0.05, 0.1) is 11.4 Å². The van der Waals surface area contributed by atoms with E-state index in [0.29, 0.717) is 12.1 Å². The van der Waals surface area contributed by atoms with Crippen LogP contribution in [0.5, 0.6) is 0 Å². The van der Waals surface area contributed by atoms with Crippen LogP contribution in [0.25, 0.3) is 0 Å². The van der Waals surface area contributed by atoms with E-state index in [4.69, 9.17) is 0 Å². The fourth-order valence-electron chi connectivity index (χ4n) is 1.76. The standard InChI is InChI=1S/C12H11N3O2/c1-8-6-11(17)14-15-12(8)9-2-4-10(5-3-9)13-7-16/h2-5,8H,6H2,1H3,(H,14,17). The van der Waals surface area contributed by atoms with Crippen molar-refractivity contribution in [2.75, 3.05) is 0 Å². The minimum absolute atomic E-state index is 0.0663. The third-order valence-corrected chi connectivity index (χ3v) is 2.60. The number of amides is 1. The first-order valence-corrected chi connectivity index (χ1v) is 5.25. The first-order chi connectivity index (χ1) is 8.20. The van der Waals surface area contributed by atoms with Crippen molar-refractivity contribution in [2.24, 2.45) is 16.0 Å². The number of nitrogens with zero attached hydrogens (tertiary/aromatic N) is 2. The Bertz CT molecular complexity index is 513. The highest BCUT2D eigenvalue weighted by Crippen LogP contribution is 2.19. The molecule has 0 aliphatic carbocycles. The van der Waals surface area contributed by atoms with Crippen LogP contribution in [0.2, 0.25) is 0 Å². The summed E-state index contributed by atoms with van der Waals surface area (Å²) in [5, 5.41) is 4.05. The van der Waals surface area contributed by atoms with Crippen molar-refractivity contribution in [3.8, 4) is 0 Å². The monoisotopic (exact) mass is 229 g/mol. The van der Waals surface area contributed by atoms with Crippen LogP contribution in [0.4, 0.5) is 5.69 Å². The Kier molecular flexibility index (Phi) is 3.12. The number of hydrogen-bond acceptors (Lipinski definition) is 4. The van der Waals surface area contributed by atoms with Gasteiger partial charge >= 0.3 is 0 Å². The molecular weight excluding hydrogens is 218 g/mol. The largest absolute Gasteiger partial charge is 0.273 e. The van der Waals surface area contributed by atoms with Crippen molar-refractivity contribution in [2.45, 2.75) is 13.3 Å². The van der Waals surface area contributed by atoms with Gasteiger partial charge in [0.1, 0.15) is 0 Å². The van der Waals surface area contributed by atoms with E-state index >= 15 is 0 Å². The second kappa shape index (κ2) is 4.72. The molecule has 1 unspecified atom stereocenters. The summed E-state index contributed by atoms with van der Waals surface area (Å²) in [5.41, 5.74) is 4.77. The molecule has 1 heterocycles. The van der Waals surface area contributed by atoms with Crippen molar-refractivity contribution in [3.63, 3.8) is 0 Å². The summed E-state index contributed by atoms with van der Waals surface area (Å²) in [4.78, 5) is 24.7. The molecule has 5 nitrogen and oxygen atoms in total. The highest BCUT2D eigenvalue weighted by atomic mass is 16.2. The van der Waals surface area contributed by atoms with Crippen LogP contribution in [0.1, 0.15) is 18.9 Å². The Labute approximate surface area is 98.2 Å². The third kappa shape index (κ3) is 2.46. The summed E-state index contributed by atoms with van der Waals surface area (Å²) >= 11 is 0. The van der Waals surface area contributed by atoms with Crippen molar-refractivity contribution in [1.82, 2.24) is 5.43 Å². The maximum atomic E-state index is 11.1. The van der Waals surface area contributed by atoms with E-state index in [1.54, 1.807) is 12.1 Å². The van der Waals surface area contributed by atoms with Gasteiger partial charge in [-0.05, 0) is 17.7 Å². The molecular formula is C12H11N3O2. The van der Waals surface area contributed by atoms with E-state index in [0.717, 1.165) is 11.3 Å². The molecule has 0 saturated heterocycles. The lowest BCUT2D eigenvalue weighted by atomic mass is 9.94. The zero-order chi connectivity index (χ0) is 12.3. The number of rotatable bonds is 2. The fraction of sp³-hybridized carbons (Fsp3) is 0.250. The topological polar surface area (TPSA) is 70.9 Å². The van der Waals surface area contributed by atoms with Gasteiger partial charge in [0.15, 0.2) is 0 Å². The Hall–Kier alpha value is -2.26. The molecule has 0 bridgehead atoms. The number of carbonyl (C=O) groups excluding carboxylic acids is 2. The molecule has 17 heavy (non-hydrogen) atoms. The smallest absolute Gasteiger partial charge is 0.240 e. The zero-order valence-corrected chi connectivity index (χ0v) is 9.30. The molecule has 0 spiro atoms. The van der Waals surface area contributed by atoms with Gasteiger partial charge in [-0.2, -0.15) is 10.1 Å². The average molecular weight is 229 g/mol. The molecule has 0 saturated carbocycles. The average Bonchev–Trinajstić information content (AvgIpc) is 2.31. The van der Waals surface area contributed by atoms with Crippen LogP contribution >= 0.6 is 0 Å². The van der Waals surface area contributed by atoms with Crippen LogP contribution in [0, 0.1) is 5.92 Å². The molecule has 5 heteroatoms. The minimum Gasteiger partial charge on any atom is -0.273 e. The van der Waals surface area contributed by atoms with Gasteiger partial charge in [0, 0.05) is 12.3 Å². The second-order valence-electron chi connectivity index (χ2n) is 3.89. The van der Waals surface area contributed by atoms with Gasteiger partial charge in [-0.25, -0.2) is 10.2 Å². The number of isocyanates is 1. The third-order valence-electron chi connectivity index (χ3n) is 2.60. The maximum absolute atomic E-state index is 11.1. The van der Waals surface area contributed by atoms with E-state index in [9.17, 15) is 9.59 Å². The quantitative estimate of drug-likeness (QED) is 0.616. The summed E-state index contributed by atoms with van der Waals surface area (Å²) < 4.78 is 0. The predicted molar refractivity (Wildman–Crippen MR) is 62.7 cm³/mol. The van der Waals surface area contributed by atoms with E-state index in [2.05, 4.69) is 15.5 Å². The molecule has 1 aromatic carbocycles. The number of hydrogen-bond donors (Lipinski definition) is 1. The molecule has 0 fully saturated rings. The predicted octanol–water partition coefficient (Wildman–Crippen LogP) is 1.51. The van der Waals surface area contributed by atoms with Crippen LogP contribution in [-0.2, 0) is 9.59 Å². The number of aliphatic imine (C=N–C) groups is 1. The Morgan fingerprint density at radius 1 is 1.41 bits per heavy atom. The van der Waals surface area contributed by atoms with E-state index < -0.39 is 0 Å². The first kappa shape index (κ1) is 11.2. The first-order valence-electron chi connectivity index (χ1n) is 5.25. The van der Waals surface area contributed by atoms with Crippen molar-refractivity contribution in [1.29, 1.82) is 0 Å². The molecule has 1 atom stereocenters. The molecule has 86 valence electrons. The van der Waals surface area contributed by atoms with Gasteiger partial charge < -0.3 is 0 Å². The Morgan fingerprint density at radius 2 is 2.12 bits per heavy atom. The lowest BCUT2D eigenvalue weighted by Crippen LogP contribution is -2.31. The van der Waals surface area contributed by atoms with Gasteiger partial charge in [0.25, 0.3) is 0 Å². The second-order valence-corrected chi connectivity index (χ2v) is 3.89. The summed E-state index contributed by atoms with van der Waals surface area (Å²) in [6, 6.07) is 7.07. The lowest BCUT2D eigenvalue weighted by Gasteiger charge is -2.18. The molecule has 1 aliphatic rings. The van der Waals surface area contributed by atoms with Crippen LogP contribution in [-0.4, -0.2) is 17.7 Å².